The van der Waals surface area contributed by atoms with Crippen LogP contribution in [0.2, 0.25) is 0 Å². The Morgan fingerprint density at radius 3 is 2.04 bits per heavy atom. The molecule has 48 heavy (non-hydrogen) atoms. The minimum atomic E-state index is -3.66. The number of aromatic nitrogens is 2. The fourth-order valence-electron chi connectivity index (χ4n) is 5.81. The van der Waals surface area contributed by atoms with Gasteiger partial charge in [0.15, 0.2) is 6.23 Å². The minimum Gasteiger partial charge on any atom is -0.350 e. The molecule has 1 amide bonds. The predicted octanol–water partition coefficient (Wildman–Crippen LogP) is 4.14. The SMILES string of the molecule is CC(=O)NCC#Cc1cn(C2CN(C(c3ccccc3)(c3ccccc3)c3ccccc3)CC(COP(=O)(Cl)N(C)C)O2)c(=O)[nH]c1=O. The molecule has 1 saturated heterocycles. The molecule has 2 N–H and O–H groups in total. The smallest absolute Gasteiger partial charge is 0.350 e. The molecule has 0 aliphatic carbocycles. The Balaban J connectivity index is 1.68. The highest BCUT2D eigenvalue weighted by Crippen LogP contribution is 2.54. The molecule has 0 radical (unpaired) electrons. The molecule has 250 valence electrons. The van der Waals surface area contributed by atoms with Crippen LogP contribution in [0.4, 0.5) is 0 Å². The number of rotatable bonds is 10. The molecule has 1 aromatic heterocycles. The van der Waals surface area contributed by atoms with Gasteiger partial charge >= 0.3 is 12.6 Å². The summed E-state index contributed by atoms with van der Waals surface area (Å²) in [4.78, 5) is 42.0. The Kier molecular flexibility index (Phi) is 11.2. The molecule has 5 rings (SSSR count). The summed E-state index contributed by atoms with van der Waals surface area (Å²) in [5, 5.41) is 2.56. The van der Waals surface area contributed by atoms with Crippen LogP contribution in [0.5, 0.6) is 0 Å². The number of benzene rings is 3. The fourth-order valence-corrected chi connectivity index (χ4v) is 6.56. The summed E-state index contributed by atoms with van der Waals surface area (Å²) in [6.45, 7) is -1.94. The van der Waals surface area contributed by atoms with Crippen molar-refractivity contribution in [2.45, 2.75) is 24.8 Å². The van der Waals surface area contributed by atoms with Crippen molar-refractivity contribution >= 4 is 24.0 Å². The molecule has 11 nitrogen and oxygen atoms in total. The number of hydrogen-bond donors (Lipinski definition) is 2. The first-order valence-electron chi connectivity index (χ1n) is 15.3. The van der Waals surface area contributed by atoms with Gasteiger partial charge in [0, 0.05) is 26.2 Å². The van der Waals surface area contributed by atoms with E-state index >= 15 is 0 Å². The molecule has 13 heteroatoms. The number of morpholine rings is 1. The number of ether oxygens (including phenoxy) is 1. The molecule has 1 aliphatic rings. The number of nitrogens with zero attached hydrogens (tertiary/aromatic N) is 3. The van der Waals surface area contributed by atoms with Crippen molar-refractivity contribution in [2.24, 2.45) is 0 Å². The highest BCUT2D eigenvalue weighted by Gasteiger charge is 2.47. The first-order valence-corrected chi connectivity index (χ1v) is 17.8. The monoisotopic (exact) mass is 689 g/mol. The number of hydrogen-bond acceptors (Lipinski definition) is 7. The molecule has 0 spiro atoms. The number of H-pyrrole nitrogens is 1. The molecule has 3 unspecified atom stereocenters. The normalized spacial score (nSPS) is 18.0. The molecule has 2 heterocycles. The standard InChI is InChI=1S/C35H37ClN5O6P/c1-26(42)37-21-13-14-27-22-41(34(44)38-33(27)43)32-24-40(23-31(47-32)25-46-48(36,45)39(2)3)35(28-15-7-4-8-16-28,29-17-9-5-10-18-29)30-19-11-6-12-20-30/h4-12,15-20,22,31-32H,21,23-25H2,1-3H3,(H,37,42)(H,38,43,44). The van der Waals surface area contributed by atoms with Crippen molar-refractivity contribution in [1.29, 1.82) is 0 Å². The summed E-state index contributed by atoms with van der Waals surface area (Å²) in [5.74, 6) is 5.22. The van der Waals surface area contributed by atoms with Crippen molar-refractivity contribution in [3.63, 3.8) is 0 Å². The van der Waals surface area contributed by atoms with Crippen LogP contribution in [0.3, 0.4) is 0 Å². The second kappa shape index (κ2) is 15.3. The second-order valence-electron chi connectivity index (χ2n) is 11.4. The lowest BCUT2D eigenvalue weighted by Crippen LogP contribution is -2.58. The van der Waals surface area contributed by atoms with Gasteiger partial charge in [-0.1, -0.05) is 103 Å². The third-order valence-electron chi connectivity index (χ3n) is 8.02. The fraction of sp³-hybridized carbons (Fsp3) is 0.286. The minimum absolute atomic E-state index is 0.0202. The molecule has 3 atom stereocenters. The van der Waals surface area contributed by atoms with Crippen LogP contribution in [-0.4, -0.2) is 71.5 Å². The Labute approximate surface area is 283 Å². The van der Waals surface area contributed by atoms with Gasteiger partial charge in [-0.25, -0.2) is 9.46 Å². The van der Waals surface area contributed by atoms with E-state index in [2.05, 4.69) is 63.4 Å². The van der Waals surface area contributed by atoms with Gasteiger partial charge in [-0.2, -0.15) is 0 Å². The van der Waals surface area contributed by atoms with Crippen LogP contribution >= 0.6 is 18.1 Å². The van der Waals surface area contributed by atoms with E-state index in [-0.39, 0.29) is 31.2 Å². The van der Waals surface area contributed by atoms with Crippen LogP contribution < -0.4 is 16.6 Å². The maximum Gasteiger partial charge on any atom is 0.362 e. The number of halogens is 1. The molecule has 4 aromatic rings. The van der Waals surface area contributed by atoms with Gasteiger partial charge in [-0.3, -0.25) is 28.6 Å². The second-order valence-corrected chi connectivity index (χ2v) is 14.7. The van der Waals surface area contributed by atoms with E-state index in [1.807, 2.05) is 54.6 Å². The van der Waals surface area contributed by atoms with Gasteiger partial charge in [0.1, 0.15) is 5.56 Å². The van der Waals surface area contributed by atoms with Gasteiger partial charge in [0.25, 0.3) is 5.56 Å². The van der Waals surface area contributed by atoms with Gasteiger partial charge in [0.2, 0.25) is 5.91 Å². The highest BCUT2D eigenvalue weighted by atomic mass is 35.7. The van der Waals surface area contributed by atoms with Crippen molar-refractivity contribution in [2.75, 3.05) is 40.3 Å². The van der Waals surface area contributed by atoms with E-state index in [1.54, 1.807) is 14.1 Å². The van der Waals surface area contributed by atoms with Crippen molar-refractivity contribution in [3.05, 3.63) is 140 Å². The van der Waals surface area contributed by atoms with E-state index in [4.69, 9.17) is 20.5 Å². The number of carbonyl (C=O) groups excluding carboxylic acids is 1. The largest absolute Gasteiger partial charge is 0.362 e. The molecule has 0 saturated carbocycles. The van der Waals surface area contributed by atoms with Crippen LogP contribution in [0.25, 0.3) is 0 Å². The van der Waals surface area contributed by atoms with E-state index in [0.717, 1.165) is 16.7 Å². The Hall–Kier alpha value is -4.27. The van der Waals surface area contributed by atoms with Crippen molar-refractivity contribution < 1.29 is 18.6 Å². The number of amides is 1. The summed E-state index contributed by atoms with van der Waals surface area (Å²) < 4.78 is 27.9. The molecule has 0 bridgehead atoms. The van der Waals surface area contributed by atoms with Crippen molar-refractivity contribution in [1.82, 2.24) is 24.4 Å². The number of carbonyl (C=O) groups is 1. The maximum absolute atomic E-state index is 13.4. The summed E-state index contributed by atoms with van der Waals surface area (Å²) in [6, 6.07) is 30.1. The Bertz CT molecular complexity index is 1850. The lowest BCUT2D eigenvalue weighted by Gasteiger charge is -2.50. The number of aromatic amines is 1. The molecule has 3 aromatic carbocycles. The highest BCUT2D eigenvalue weighted by molar-refractivity contribution is 7.83. The van der Waals surface area contributed by atoms with Gasteiger partial charge in [-0.05, 0) is 42.0 Å². The van der Waals surface area contributed by atoms with Crippen LogP contribution in [0.1, 0.15) is 35.4 Å². The Morgan fingerprint density at radius 2 is 1.54 bits per heavy atom. The summed E-state index contributed by atoms with van der Waals surface area (Å²) >= 11 is 6.25. The van der Waals surface area contributed by atoms with Crippen LogP contribution in [-0.2, 0) is 24.2 Å². The quantitative estimate of drug-likeness (QED) is 0.145. The molecule has 1 fully saturated rings. The van der Waals surface area contributed by atoms with Crippen LogP contribution in [0, 0.1) is 11.8 Å². The number of nitrogens with one attached hydrogen (secondary N) is 2. The van der Waals surface area contributed by atoms with Gasteiger partial charge in [-0.15, -0.1) is 0 Å². The van der Waals surface area contributed by atoms with E-state index in [9.17, 15) is 18.9 Å². The summed E-state index contributed by atoms with van der Waals surface area (Å²) in [5.41, 5.74) is 0.683. The van der Waals surface area contributed by atoms with Gasteiger partial charge in [0.05, 0.1) is 24.8 Å². The zero-order valence-electron chi connectivity index (χ0n) is 26.8. The lowest BCUT2D eigenvalue weighted by molar-refractivity contribution is -0.148. The zero-order chi connectivity index (χ0) is 34.3. The predicted molar refractivity (Wildman–Crippen MR) is 185 cm³/mol. The van der Waals surface area contributed by atoms with Gasteiger partial charge < -0.3 is 14.6 Å². The third-order valence-corrected chi connectivity index (χ3v) is 10.6. The maximum atomic E-state index is 13.4. The lowest BCUT2D eigenvalue weighted by atomic mass is 9.75. The summed E-state index contributed by atoms with van der Waals surface area (Å²) in [7, 11) is 3.12. The zero-order valence-corrected chi connectivity index (χ0v) is 28.5. The Morgan fingerprint density at radius 1 is 1.00 bits per heavy atom. The van der Waals surface area contributed by atoms with E-state index < -0.39 is 36.0 Å². The van der Waals surface area contributed by atoms with E-state index in [1.165, 1.54) is 22.4 Å². The van der Waals surface area contributed by atoms with E-state index in [0.29, 0.717) is 6.54 Å². The summed E-state index contributed by atoms with van der Waals surface area (Å²) in [6.07, 6.45) is -0.313. The molecular weight excluding hydrogens is 653 g/mol. The van der Waals surface area contributed by atoms with Crippen molar-refractivity contribution in [3.8, 4) is 11.8 Å². The van der Waals surface area contributed by atoms with Crippen LogP contribution in [0.15, 0.2) is 107 Å². The molecular formula is C35H37ClN5O6P. The average molecular weight is 690 g/mol. The molecule has 1 aliphatic heterocycles. The average Bonchev–Trinajstić information content (AvgIpc) is 3.08. The first-order chi connectivity index (χ1) is 23.0. The third kappa shape index (κ3) is 7.71. The topological polar surface area (TPSA) is 126 Å². The first kappa shape index (κ1) is 35.0.